The number of anilines is 1. The maximum absolute atomic E-state index is 12.6. The van der Waals surface area contributed by atoms with E-state index in [4.69, 9.17) is 10.5 Å². The van der Waals surface area contributed by atoms with Crippen molar-refractivity contribution in [2.24, 2.45) is 0 Å². The molecule has 144 valence electrons. The normalized spacial score (nSPS) is 14.2. The molecular weight excluding hydrogens is 358 g/mol. The number of ether oxygens (including phenoxy) is 1. The number of fused-ring (bicyclic) bond motifs is 1. The Kier molecular flexibility index (Phi) is 4.98. The second-order valence-corrected chi connectivity index (χ2v) is 6.37. The second-order valence-electron chi connectivity index (χ2n) is 6.37. The standard InChI is InChI=1S/C19H21N7O2/c1-2-28-17-15-16(24-19(20)25-17)22-11-14(23-15)12-3-5-13(6-4-12)18(27)26-9-7-21-8-10-26/h3-6,11,21H,2,7-10H2,1H3,(H2,20,22,24,25). The lowest BCUT2D eigenvalue weighted by atomic mass is 10.1. The van der Waals surface area contributed by atoms with E-state index in [0.717, 1.165) is 31.7 Å². The van der Waals surface area contributed by atoms with Gasteiger partial charge >= 0.3 is 0 Å². The van der Waals surface area contributed by atoms with Crippen molar-refractivity contribution in [1.29, 1.82) is 0 Å². The molecule has 0 radical (unpaired) electrons. The van der Waals surface area contributed by atoms with Crippen LogP contribution in [-0.4, -0.2) is 63.5 Å². The van der Waals surface area contributed by atoms with Crippen LogP contribution >= 0.6 is 0 Å². The quantitative estimate of drug-likeness (QED) is 0.692. The maximum Gasteiger partial charge on any atom is 0.253 e. The first-order chi connectivity index (χ1) is 13.7. The molecule has 1 aromatic carbocycles. The first-order valence-electron chi connectivity index (χ1n) is 9.19. The molecule has 0 saturated carbocycles. The highest BCUT2D eigenvalue weighted by atomic mass is 16.5. The Morgan fingerprint density at radius 3 is 2.64 bits per heavy atom. The Morgan fingerprint density at radius 2 is 1.93 bits per heavy atom. The summed E-state index contributed by atoms with van der Waals surface area (Å²) in [5.41, 5.74) is 8.67. The van der Waals surface area contributed by atoms with E-state index in [1.165, 1.54) is 0 Å². The van der Waals surface area contributed by atoms with Gasteiger partial charge in [0.2, 0.25) is 11.8 Å². The monoisotopic (exact) mass is 379 g/mol. The summed E-state index contributed by atoms with van der Waals surface area (Å²) in [5, 5.41) is 3.25. The predicted octanol–water partition coefficient (Wildman–Crippen LogP) is 1.11. The summed E-state index contributed by atoms with van der Waals surface area (Å²) in [4.78, 5) is 31.6. The van der Waals surface area contributed by atoms with Crippen LogP contribution in [0, 0.1) is 0 Å². The Morgan fingerprint density at radius 1 is 1.18 bits per heavy atom. The van der Waals surface area contributed by atoms with Crippen LogP contribution < -0.4 is 15.8 Å². The molecule has 28 heavy (non-hydrogen) atoms. The highest BCUT2D eigenvalue weighted by Gasteiger charge is 2.18. The minimum atomic E-state index is 0.0418. The number of rotatable bonds is 4. The molecule has 9 heteroatoms. The number of carbonyl (C=O) groups excluding carboxylic acids is 1. The zero-order chi connectivity index (χ0) is 19.5. The van der Waals surface area contributed by atoms with Gasteiger partial charge in [0.1, 0.15) is 0 Å². The summed E-state index contributed by atoms with van der Waals surface area (Å²) < 4.78 is 5.52. The molecule has 0 aliphatic carbocycles. The van der Waals surface area contributed by atoms with E-state index in [1.807, 2.05) is 36.1 Å². The Balaban J connectivity index is 1.63. The van der Waals surface area contributed by atoms with Crippen LogP contribution in [-0.2, 0) is 0 Å². The van der Waals surface area contributed by atoms with Gasteiger partial charge in [0.05, 0.1) is 18.5 Å². The molecule has 4 rings (SSSR count). The van der Waals surface area contributed by atoms with Crippen LogP contribution in [0.3, 0.4) is 0 Å². The van der Waals surface area contributed by atoms with E-state index in [2.05, 4.69) is 25.3 Å². The fourth-order valence-electron chi connectivity index (χ4n) is 3.11. The minimum Gasteiger partial charge on any atom is -0.476 e. The SMILES string of the molecule is CCOc1nc(N)nc2ncc(-c3ccc(C(=O)N4CCNCC4)cc3)nc12. The van der Waals surface area contributed by atoms with Crippen molar-refractivity contribution in [2.75, 3.05) is 38.5 Å². The summed E-state index contributed by atoms with van der Waals surface area (Å²) in [6.07, 6.45) is 1.62. The molecule has 1 saturated heterocycles. The number of nitrogens with zero attached hydrogens (tertiary/aromatic N) is 5. The number of hydrogen-bond donors (Lipinski definition) is 2. The third-order valence-corrected chi connectivity index (χ3v) is 4.51. The number of piperazine rings is 1. The summed E-state index contributed by atoms with van der Waals surface area (Å²) >= 11 is 0. The molecule has 9 nitrogen and oxygen atoms in total. The number of hydrogen-bond acceptors (Lipinski definition) is 8. The third-order valence-electron chi connectivity index (χ3n) is 4.51. The molecule has 0 spiro atoms. The smallest absolute Gasteiger partial charge is 0.253 e. The van der Waals surface area contributed by atoms with Crippen LogP contribution in [0.25, 0.3) is 22.4 Å². The van der Waals surface area contributed by atoms with Crippen molar-refractivity contribution in [1.82, 2.24) is 30.2 Å². The average molecular weight is 379 g/mol. The topological polar surface area (TPSA) is 119 Å². The van der Waals surface area contributed by atoms with Gasteiger partial charge in [-0.15, -0.1) is 0 Å². The molecule has 3 heterocycles. The van der Waals surface area contributed by atoms with E-state index in [9.17, 15) is 4.79 Å². The van der Waals surface area contributed by atoms with E-state index >= 15 is 0 Å². The summed E-state index contributed by atoms with van der Waals surface area (Å²) in [5.74, 6) is 0.443. The van der Waals surface area contributed by atoms with Crippen LogP contribution in [0.5, 0.6) is 5.88 Å². The molecule has 1 aliphatic rings. The van der Waals surface area contributed by atoms with E-state index in [1.54, 1.807) is 6.20 Å². The van der Waals surface area contributed by atoms with Gasteiger partial charge in [-0.3, -0.25) is 4.79 Å². The van der Waals surface area contributed by atoms with Crippen molar-refractivity contribution in [2.45, 2.75) is 6.92 Å². The average Bonchev–Trinajstić information content (AvgIpc) is 2.74. The molecule has 2 aromatic heterocycles. The lowest BCUT2D eigenvalue weighted by molar-refractivity contribution is 0.0736. The predicted molar refractivity (Wildman–Crippen MR) is 105 cm³/mol. The van der Waals surface area contributed by atoms with E-state index in [-0.39, 0.29) is 11.9 Å². The zero-order valence-corrected chi connectivity index (χ0v) is 15.6. The van der Waals surface area contributed by atoms with Gasteiger partial charge < -0.3 is 20.7 Å². The van der Waals surface area contributed by atoms with Crippen molar-refractivity contribution >= 4 is 23.0 Å². The van der Waals surface area contributed by atoms with Crippen molar-refractivity contribution in [3.8, 4) is 17.1 Å². The van der Waals surface area contributed by atoms with Crippen molar-refractivity contribution < 1.29 is 9.53 Å². The molecule has 0 bridgehead atoms. The van der Waals surface area contributed by atoms with E-state index < -0.39 is 0 Å². The fraction of sp³-hybridized carbons (Fsp3) is 0.316. The Bertz CT molecular complexity index is 1000. The van der Waals surface area contributed by atoms with Gasteiger partial charge in [-0.05, 0) is 19.1 Å². The lowest BCUT2D eigenvalue weighted by Crippen LogP contribution is -2.46. The largest absolute Gasteiger partial charge is 0.476 e. The van der Waals surface area contributed by atoms with Gasteiger partial charge in [-0.1, -0.05) is 12.1 Å². The number of aromatic nitrogens is 4. The van der Waals surface area contributed by atoms with Gasteiger partial charge in [0, 0.05) is 37.3 Å². The van der Waals surface area contributed by atoms with Crippen LogP contribution in [0.15, 0.2) is 30.5 Å². The van der Waals surface area contributed by atoms with Crippen LogP contribution in [0.4, 0.5) is 5.95 Å². The molecule has 1 aliphatic heterocycles. The van der Waals surface area contributed by atoms with Gasteiger partial charge in [0.15, 0.2) is 11.2 Å². The maximum atomic E-state index is 12.6. The molecular formula is C19H21N7O2. The number of nitrogens with one attached hydrogen (secondary N) is 1. The van der Waals surface area contributed by atoms with Gasteiger partial charge in [0.25, 0.3) is 5.91 Å². The van der Waals surface area contributed by atoms with Crippen molar-refractivity contribution in [3.05, 3.63) is 36.0 Å². The first-order valence-corrected chi connectivity index (χ1v) is 9.19. The van der Waals surface area contributed by atoms with Crippen LogP contribution in [0.1, 0.15) is 17.3 Å². The molecule has 1 fully saturated rings. The molecule has 3 aromatic rings. The Hall–Kier alpha value is -3.33. The minimum absolute atomic E-state index is 0.0418. The second kappa shape index (κ2) is 7.73. The van der Waals surface area contributed by atoms with Gasteiger partial charge in [-0.25, -0.2) is 9.97 Å². The van der Waals surface area contributed by atoms with Crippen LogP contribution in [0.2, 0.25) is 0 Å². The Labute approximate surface area is 162 Å². The number of benzene rings is 1. The van der Waals surface area contributed by atoms with Crippen molar-refractivity contribution in [3.63, 3.8) is 0 Å². The molecule has 3 N–H and O–H groups in total. The number of nitrogens with two attached hydrogens (primary N) is 1. The third kappa shape index (κ3) is 3.56. The summed E-state index contributed by atoms with van der Waals surface area (Å²) in [7, 11) is 0. The molecule has 1 amide bonds. The first kappa shape index (κ1) is 18.1. The summed E-state index contributed by atoms with van der Waals surface area (Å²) in [6, 6.07) is 7.36. The highest BCUT2D eigenvalue weighted by molar-refractivity contribution is 5.94. The highest BCUT2D eigenvalue weighted by Crippen LogP contribution is 2.24. The summed E-state index contributed by atoms with van der Waals surface area (Å²) in [6.45, 7) is 5.38. The number of nitrogen functional groups attached to an aromatic ring is 1. The molecule has 0 atom stereocenters. The number of amides is 1. The lowest BCUT2D eigenvalue weighted by Gasteiger charge is -2.27. The molecule has 0 unspecified atom stereocenters. The fourth-order valence-corrected chi connectivity index (χ4v) is 3.11. The zero-order valence-electron chi connectivity index (χ0n) is 15.6. The van der Waals surface area contributed by atoms with Gasteiger partial charge in [-0.2, -0.15) is 9.97 Å². The van der Waals surface area contributed by atoms with E-state index in [0.29, 0.717) is 34.9 Å². The number of carbonyl (C=O) groups is 1.